The van der Waals surface area contributed by atoms with E-state index < -0.39 is 0 Å². The van der Waals surface area contributed by atoms with E-state index in [1.807, 2.05) is 4.90 Å². The van der Waals surface area contributed by atoms with Gasteiger partial charge in [-0.2, -0.15) is 0 Å². The summed E-state index contributed by atoms with van der Waals surface area (Å²) in [7, 11) is 0. The summed E-state index contributed by atoms with van der Waals surface area (Å²) in [6.45, 7) is 10.7. The van der Waals surface area contributed by atoms with Crippen LogP contribution in [0.3, 0.4) is 0 Å². The van der Waals surface area contributed by atoms with Crippen LogP contribution in [0, 0.1) is 0 Å². The molecule has 122 valence electrons. The number of nitrogens with one attached hydrogen (secondary N) is 1. The Labute approximate surface area is 129 Å². The predicted octanol–water partition coefficient (Wildman–Crippen LogP) is 1.09. The average molecular weight is 297 g/mol. The van der Waals surface area contributed by atoms with Crippen LogP contribution in [-0.2, 0) is 9.53 Å². The fourth-order valence-electron chi connectivity index (χ4n) is 3.16. The van der Waals surface area contributed by atoms with Crippen LogP contribution >= 0.6 is 0 Å². The van der Waals surface area contributed by atoms with E-state index in [0.29, 0.717) is 37.6 Å². The Morgan fingerprint density at radius 2 is 2.14 bits per heavy atom. The zero-order valence-corrected chi connectivity index (χ0v) is 13.6. The molecule has 2 aliphatic rings. The van der Waals surface area contributed by atoms with Gasteiger partial charge >= 0.3 is 0 Å². The highest BCUT2D eigenvalue weighted by molar-refractivity contribution is 5.76. The molecule has 5 heteroatoms. The third kappa shape index (κ3) is 5.57. The highest BCUT2D eigenvalue weighted by Crippen LogP contribution is 2.11. The maximum atomic E-state index is 12.1. The fourth-order valence-corrected chi connectivity index (χ4v) is 3.16. The van der Waals surface area contributed by atoms with Crippen LogP contribution in [0.15, 0.2) is 0 Å². The zero-order chi connectivity index (χ0) is 15.1. The SMILES string of the molecule is CC(C)N(CCCC(=O)N1CCOCC1)CC1CCCN1. The summed E-state index contributed by atoms with van der Waals surface area (Å²) in [6.07, 6.45) is 4.21. The standard InChI is InChI=1S/C16H31N3O2/c1-14(2)19(13-15-5-3-7-17-15)8-4-6-16(20)18-9-11-21-12-10-18/h14-15,17H,3-13H2,1-2H3. The number of hydrogen-bond acceptors (Lipinski definition) is 4. The van der Waals surface area contributed by atoms with Crippen molar-refractivity contribution in [2.45, 2.75) is 51.6 Å². The number of rotatable bonds is 7. The maximum Gasteiger partial charge on any atom is 0.222 e. The third-order valence-corrected chi connectivity index (χ3v) is 4.55. The average Bonchev–Trinajstić information content (AvgIpc) is 3.00. The van der Waals surface area contributed by atoms with Crippen molar-refractivity contribution >= 4 is 5.91 Å². The first-order valence-electron chi connectivity index (χ1n) is 8.50. The molecule has 1 unspecified atom stereocenters. The number of ether oxygens (including phenoxy) is 1. The van der Waals surface area contributed by atoms with Gasteiger partial charge in [-0.15, -0.1) is 0 Å². The smallest absolute Gasteiger partial charge is 0.222 e. The number of nitrogens with zero attached hydrogens (tertiary/aromatic N) is 2. The predicted molar refractivity (Wildman–Crippen MR) is 84.4 cm³/mol. The molecule has 0 saturated carbocycles. The fraction of sp³-hybridized carbons (Fsp3) is 0.938. The first-order chi connectivity index (χ1) is 10.2. The highest BCUT2D eigenvalue weighted by Gasteiger charge is 2.20. The van der Waals surface area contributed by atoms with E-state index in [0.717, 1.165) is 39.1 Å². The summed E-state index contributed by atoms with van der Waals surface area (Å²) in [6, 6.07) is 1.19. The molecule has 1 N–H and O–H groups in total. The molecule has 2 fully saturated rings. The molecular formula is C16H31N3O2. The van der Waals surface area contributed by atoms with Crippen LogP contribution in [0.2, 0.25) is 0 Å². The van der Waals surface area contributed by atoms with E-state index in [1.54, 1.807) is 0 Å². The van der Waals surface area contributed by atoms with Gasteiger partial charge in [0.1, 0.15) is 0 Å². The Morgan fingerprint density at radius 3 is 2.76 bits per heavy atom. The quantitative estimate of drug-likeness (QED) is 0.764. The number of morpholine rings is 1. The van der Waals surface area contributed by atoms with Gasteiger partial charge in [0.15, 0.2) is 0 Å². The van der Waals surface area contributed by atoms with Crippen molar-refractivity contribution in [1.82, 2.24) is 15.1 Å². The van der Waals surface area contributed by atoms with E-state index in [4.69, 9.17) is 4.74 Å². The Balaban J connectivity index is 1.67. The second-order valence-electron chi connectivity index (χ2n) is 6.48. The summed E-state index contributed by atoms with van der Waals surface area (Å²) in [5.74, 6) is 0.293. The second kappa shape index (κ2) is 8.71. The van der Waals surface area contributed by atoms with Crippen LogP contribution < -0.4 is 5.32 Å². The summed E-state index contributed by atoms with van der Waals surface area (Å²) < 4.78 is 5.29. The van der Waals surface area contributed by atoms with Gasteiger partial charge in [-0.1, -0.05) is 0 Å². The summed E-state index contributed by atoms with van der Waals surface area (Å²) in [5, 5.41) is 3.56. The first kappa shape index (κ1) is 16.7. The van der Waals surface area contributed by atoms with Gasteiger partial charge in [-0.3, -0.25) is 9.69 Å². The molecule has 0 aromatic heterocycles. The lowest BCUT2D eigenvalue weighted by atomic mass is 10.1. The minimum absolute atomic E-state index is 0.293. The van der Waals surface area contributed by atoms with E-state index >= 15 is 0 Å². The highest BCUT2D eigenvalue weighted by atomic mass is 16.5. The van der Waals surface area contributed by atoms with Gasteiger partial charge in [0.25, 0.3) is 0 Å². The summed E-state index contributed by atoms with van der Waals surface area (Å²) in [5.41, 5.74) is 0. The molecule has 5 nitrogen and oxygen atoms in total. The molecule has 0 spiro atoms. The van der Waals surface area contributed by atoms with Gasteiger partial charge in [-0.05, 0) is 46.2 Å². The Bertz CT molecular complexity index is 311. The molecule has 0 aromatic carbocycles. The van der Waals surface area contributed by atoms with Gasteiger partial charge in [0.05, 0.1) is 13.2 Å². The molecule has 2 saturated heterocycles. The van der Waals surface area contributed by atoms with Gasteiger partial charge in [0.2, 0.25) is 5.91 Å². The second-order valence-corrected chi connectivity index (χ2v) is 6.48. The Morgan fingerprint density at radius 1 is 1.38 bits per heavy atom. The molecule has 0 aliphatic carbocycles. The molecule has 0 aromatic rings. The lowest BCUT2D eigenvalue weighted by Gasteiger charge is -2.30. The largest absolute Gasteiger partial charge is 0.378 e. The molecule has 0 bridgehead atoms. The van der Waals surface area contributed by atoms with Gasteiger partial charge in [-0.25, -0.2) is 0 Å². The Hall–Kier alpha value is -0.650. The number of carbonyl (C=O) groups is 1. The van der Waals surface area contributed by atoms with Crippen molar-refractivity contribution in [2.24, 2.45) is 0 Å². The number of amides is 1. The minimum Gasteiger partial charge on any atom is -0.378 e. The molecule has 1 amide bonds. The van der Waals surface area contributed by atoms with Gasteiger partial charge in [0, 0.05) is 38.1 Å². The third-order valence-electron chi connectivity index (χ3n) is 4.55. The van der Waals surface area contributed by atoms with Crippen LogP contribution in [0.25, 0.3) is 0 Å². The van der Waals surface area contributed by atoms with E-state index in [-0.39, 0.29) is 0 Å². The van der Waals surface area contributed by atoms with Crippen LogP contribution in [-0.4, -0.2) is 73.7 Å². The molecule has 2 rings (SSSR count). The van der Waals surface area contributed by atoms with Crippen LogP contribution in [0.5, 0.6) is 0 Å². The molecule has 0 radical (unpaired) electrons. The topological polar surface area (TPSA) is 44.8 Å². The Kier molecular flexibility index (Phi) is 6.93. The van der Waals surface area contributed by atoms with Crippen molar-refractivity contribution < 1.29 is 9.53 Å². The van der Waals surface area contributed by atoms with E-state index in [1.165, 1.54) is 12.8 Å². The van der Waals surface area contributed by atoms with Crippen molar-refractivity contribution in [2.75, 3.05) is 45.9 Å². The first-order valence-corrected chi connectivity index (χ1v) is 8.50. The van der Waals surface area contributed by atoms with E-state index in [2.05, 4.69) is 24.1 Å². The minimum atomic E-state index is 0.293. The normalized spacial score (nSPS) is 23.2. The van der Waals surface area contributed by atoms with E-state index in [9.17, 15) is 4.79 Å². The van der Waals surface area contributed by atoms with Crippen molar-refractivity contribution in [3.05, 3.63) is 0 Å². The van der Waals surface area contributed by atoms with Crippen LogP contribution in [0.1, 0.15) is 39.5 Å². The van der Waals surface area contributed by atoms with Crippen molar-refractivity contribution in [3.63, 3.8) is 0 Å². The lowest BCUT2D eigenvalue weighted by Crippen LogP contribution is -2.43. The molecular weight excluding hydrogens is 266 g/mol. The van der Waals surface area contributed by atoms with Crippen molar-refractivity contribution in [3.8, 4) is 0 Å². The summed E-state index contributed by atoms with van der Waals surface area (Å²) in [4.78, 5) is 16.6. The van der Waals surface area contributed by atoms with Crippen LogP contribution in [0.4, 0.5) is 0 Å². The molecule has 21 heavy (non-hydrogen) atoms. The zero-order valence-electron chi connectivity index (χ0n) is 13.6. The molecule has 2 heterocycles. The van der Waals surface area contributed by atoms with Gasteiger partial charge < -0.3 is 15.0 Å². The number of hydrogen-bond donors (Lipinski definition) is 1. The molecule has 1 atom stereocenters. The monoisotopic (exact) mass is 297 g/mol. The lowest BCUT2D eigenvalue weighted by molar-refractivity contribution is -0.135. The molecule has 2 aliphatic heterocycles. The summed E-state index contributed by atoms with van der Waals surface area (Å²) >= 11 is 0. The maximum absolute atomic E-state index is 12.1. The number of carbonyl (C=O) groups excluding carboxylic acids is 1. The van der Waals surface area contributed by atoms with Crippen molar-refractivity contribution in [1.29, 1.82) is 0 Å².